The molecular formula is C15H14Cl2O3S. The van der Waals surface area contributed by atoms with Crippen LogP contribution in [-0.2, 0) is 16.5 Å². The quantitative estimate of drug-likeness (QED) is 0.837. The highest BCUT2D eigenvalue weighted by Gasteiger charge is 2.20. The zero-order valence-electron chi connectivity index (χ0n) is 11.5. The molecule has 0 saturated heterocycles. The van der Waals surface area contributed by atoms with E-state index in [2.05, 4.69) is 0 Å². The molecule has 112 valence electrons. The second kappa shape index (κ2) is 5.97. The normalized spacial score (nSPS) is 11.7. The van der Waals surface area contributed by atoms with E-state index in [1.165, 1.54) is 0 Å². The van der Waals surface area contributed by atoms with Gasteiger partial charge in [-0.2, -0.15) is 8.42 Å². The predicted molar refractivity (Wildman–Crippen MR) is 85.0 cm³/mol. The maximum atomic E-state index is 11.6. The number of hydrogen-bond donors (Lipinski definition) is 1. The molecule has 0 atom stereocenters. The summed E-state index contributed by atoms with van der Waals surface area (Å²) in [5.74, 6) is 0. The summed E-state index contributed by atoms with van der Waals surface area (Å²) >= 11 is 12.3. The van der Waals surface area contributed by atoms with Crippen molar-refractivity contribution in [3.05, 3.63) is 62.6 Å². The van der Waals surface area contributed by atoms with Gasteiger partial charge in [0.1, 0.15) is 4.90 Å². The van der Waals surface area contributed by atoms with Crippen LogP contribution in [0.15, 0.2) is 35.2 Å². The predicted octanol–water partition coefficient (Wildman–Crippen LogP) is 4.45. The molecule has 0 spiro atoms. The first kappa shape index (κ1) is 16.3. The third-order valence-corrected chi connectivity index (χ3v) is 4.99. The Morgan fingerprint density at radius 2 is 1.67 bits per heavy atom. The number of rotatable bonds is 3. The Bertz CT molecular complexity index is 779. The topological polar surface area (TPSA) is 54.4 Å². The van der Waals surface area contributed by atoms with Gasteiger partial charge >= 0.3 is 0 Å². The largest absolute Gasteiger partial charge is 0.295 e. The molecule has 2 aromatic rings. The van der Waals surface area contributed by atoms with Crippen LogP contribution >= 0.6 is 23.2 Å². The fraction of sp³-hybridized carbons (Fsp3) is 0.200. The SMILES string of the molecule is Cc1cc(C)c(S(=O)(=O)O)c(Cc2c(Cl)cccc2Cl)c1. The van der Waals surface area contributed by atoms with Gasteiger partial charge in [0.05, 0.1) is 0 Å². The molecule has 6 heteroatoms. The van der Waals surface area contributed by atoms with Crippen molar-refractivity contribution < 1.29 is 13.0 Å². The number of halogens is 2. The van der Waals surface area contributed by atoms with Crippen molar-refractivity contribution in [3.63, 3.8) is 0 Å². The van der Waals surface area contributed by atoms with Gasteiger partial charge in [-0.25, -0.2) is 0 Å². The summed E-state index contributed by atoms with van der Waals surface area (Å²) in [6.07, 6.45) is 0.232. The molecule has 0 aliphatic carbocycles. The lowest BCUT2D eigenvalue weighted by molar-refractivity contribution is 0.481. The zero-order valence-corrected chi connectivity index (χ0v) is 13.9. The molecule has 2 rings (SSSR count). The third kappa shape index (κ3) is 3.58. The van der Waals surface area contributed by atoms with Gasteiger partial charge in [-0.1, -0.05) is 47.0 Å². The van der Waals surface area contributed by atoms with Crippen LogP contribution in [0.3, 0.4) is 0 Å². The van der Waals surface area contributed by atoms with Gasteiger partial charge < -0.3 is 0 Å². The molecule has 3 nitrogen and oxygen atoms in total. The van der Waals surface area contributed by atoms with E-state index >= 15 is 0 Å². The van der Waals surface area contributed by atoms with Crippen molar-refractivity contribution in [3.8, 4) is 0 Å². The molecule has 0 unspecified atom stereocenters. The molecule has 0 bridgehead atoms. The van der Waals surface area contributed by atoms with E-state index in [0.717, 1.165) is 5.56 Å². The van der Waals surface area contributed by atoms with Gasteiger partial charge in [-0.15, -0.1) is 0 Å². The Morgan fingerprint density at radius 3 is 2.19 bits per heavy atom. The lowest BCUT2D eigenvalue weighted by atomic mass is 10.0. The third-order valence-electron chi connectivity index (χ3n) is 3.18. The van der Waals surface area contributed by atoms with Crippen LogP contribution in [0.1, 0.15) is 22.3 Å². The summed E-state index contributed by atoms with van der Waals surface area (Å²) < 4.78 is 32.7. The summed E-state index contributed by atoms with van der Waals surface area (Å²) in [6, 6.07) is 8.53. The molecular weight excluding hydrogens is 331 g/mol. The van der Waals surface area contributed by atoms with E-state index in [-0.39, 0.29) is 11.3 Å². The first-order valence-corrected chi connectivity index (χ1v) is 8.40. The lowest BCUT2D eigenvalue weighted by Gasteiger charge is -2.13. The van der Waals surface area contributed by atoms with Gasteiger partial charge in [-0.05, 0) is 42.7 Å². The van der Waals surface area contributed by atoms with E-state index < -0.39 is 10.1 Å². The average Bonchev–Trinajstić information content (AvgIpc) is 2.31. The molecule has 0 aliphatic rings. The van der Waals surface area contributed by atoms with E-state index in [1.54, 1.807) is 37.3 Å². The van der Waals surface area contributed by atoms with Crippen LogP contribution in [0.2, 0.25) is 10.0 Å². The van der Waals surface area contributed by atoms with Crippen LogP contribution in [0, 0.1) is 13.8 Å². The summed E-state index contributed by atoms with van der Waals surface area (Å²) in [5, 5.41) is 0.922. The Kier molecular flexibility index (Phi) is 4.63. The van der Waals surface area contributed by atoms with Crippen LogP contribution in [-0.4, -0.2) is 13.0 Å². The summed E-state index contributed by atoms with van der Waals surface area (Å²) in [7, 11) is -4.31. The standard InChI is InChI=1S/C15H14Cl2O3S/c1-9-6-10(2)15(21(18,19)20)11(7-9)8-12-13(16)4-3-5-14(12)17/h3-7H,8H2,1-2H3,(H,18,19,20). The fourth-order valence-electron chi connectivity index (χ4n) is 2.43. The van der Waals surface area contributed by atoms with Crippen LogP contribution < -0.4 is 0 Å². The van der Waals surface area contributed by atoms with Crippen molar-refractivity contribution in [2.75, 3.05) is 0 Å². The highest BCUT2D eigenvalue weighted by molar-refractivity contribution is 7.86. The molecule has 0 fully saturated rings. The Hall–Kier alpha value is -1.07. The fourth-order valence-corrected chi connectivity index (χ4v) is 3.89. The van der Waals surface area contributed by atoms with Crippen LogP contribution in [0.5, 0.6) is 0 Å². The van der Waals surface area contributed by atoms with Gasteiger partial charge in [0.25, 0.3) is 10.1 Å². The first-order valence-electron chi connectivity index (χ1n) is 6.20. The maximum Gasteiger partial charge on any atom is 0.295 e. The van der Waals surface area contributed by atoms with Gasteiger partial charge in [-0.3, -0.25) is 4.55 Å². The van der Waals surface area contributed by atoms with Crippen molar-refractivity contribution in [2.24, 2.45) is 0 Å². The maximum absolute atomic E-state index is 11.6. The van der Waals surface area contributed by atoms with E-state index in [4.69, 9.17) is 23.2 Å². The Balaban J connectivity index is 2.65. The number of hydrogen-bond acceptors (Lipinski definition) is 2. The molecule has 0 heterocycles. The average molecular weight is 345 g/mol. The highest BCUT2D eigenvalue weighted by atomic mass is 35.5. The monoisotopic (exact) mass is 344 g/mol. The minimum Gasteiger partial charge on any atom is -0.282 e. The van der Waals surface area contributed by atoms with Crippen LogP contribution in [0.25, 0.3) is 0 Å². The zero-order chi connectivity index (χ0) is 15.8. The number of benzene rings is 2. The Morgan fingerprint density at radius 1 is 1.10 bits per heavy atom. The van der Waals surface area contributed by atoms with Crippen molar-refractivity contribution in [1.82, 2.24) is 0 Å². The molecule has 0 amide bonds. The first-order chi connectivity index (χ1) is 9.70. The van der Waals surface area contributed by atoms with Gasteiger partial charge in [0.2, 0.25) is 0 Å². The van der Waals surface area contributed by atoms with Crippen LogP contribution in [0.4, 0.5) is 0 Å². The van der Waals surface area contributed by atoms with Gasteiger partial charge in [0.15, 0.2) is 0 Å². The summed E-state index contributed by atoms with van der Waals surface area (Å²) in [4.78, 5) is -0.0795. The second-order valence-corrected chi connectivity index (χ2v) is 7.09. The smallest absolute Gasteiger partial charge is 0.282 e. The molecule has 0 aromatic heterocycles. The molecule has 0 aliphatic heterocycles. The minimum absolute atomic E-state index is 0.0795. The van der Waals surface area contributed by atoms with E-state index in [0.29, 0.717) is 26.7 Å². The lowest BCUT2D eigenvalue weighted by Crippen LogP contribution is -2.07. The molecule has 0 radical (unpaired) electrons. The minimum atomic E-state index is -4.31. The van der Waals surface area contributed by atoms with Crippen molar-refractivity contribution in [1.29, 1.82) is 0 Å². The molecule has 1 N–H and O–H groups in total. The molecule has 0 saturated carbocycles. The molecule has 21 heavy (non-hydrogen) atoms. The second-order valence-electron chi connectivity index (χ2n) is 4.92. The van der Waals surface area contributed by atoms with E-state index in [1.807, 2.05) is 6.92 Å². The number of aryl methyl sites for hydroxylation is 2. The van der Waals surface area contributed by atoms with E-state index in [9.17, 15) is 13.0 Å². The van der Waals surface area contributed by atoms with Crippen molar-refractivity contribution >= 4 is 33.3 Å². The molecule has 2 aromatic carbocycles. The van der Waals surface area contributed by atoms with Crippen molar-refractivity contribution in [2.45, 2.75) is 25.2 Å². The summed E-state index contributed by atoms with van der Waals surface area (Å²) in [5.41, 5.74) is 2.51. The summed E-state index contributed by atoms with van der Waals surface area (Å²) in [6.45, 7) is 3.51. The van der Waals surface area contributed by atoms with Gasteiger partial charge in [0, 0.05) is 16.5 Å². The highest BCUT2D eigenvalue weighted by Crippen LogP contribution is 2.30. The Labute approximate surface area is 134 Å².